The number of amides is 2. The van der Waals surface area contributed by atoms with Crippen LogP contribution in [0.5, 0.6) is 0 Å². The Labute approximate surface area is 130 Å². The van der Waals surface area contributed by atoms with E-state index in [4.69, 9.17) is 4.74 Å². The number of nitrogens with zero attached hydrogens (tertiary/aromatic N) is 1. The molecule has 1 aliphatic rings. The highest BCUT2D eigenvalue weighted by Crippen LogP contribution is 2.29. The molecule has 1 heterocycles. The number of anilines is 2. The van der Waals surface area contributed by atoms with Gasteiger partial charge in [-0.1, -0.05) is 0 Å². The second-order valence-corrected chi connectivity index (χ2v) is 5.66. The summed E-state index contributed by atoms with van der Waals surface area (Å²) in [7, 11) is 1.58. The molecule has 0 unspecified atom stereocenters. The van der Waals surface area contributed by atoms with Crippen molar-refractivity contribution in [2.75, 3.05) is 37.0 Å². The van der Waals surface area contributed by atoms with Crippen LogP contribution in [0.2, 0.25) is 0 Å². The standard InChI is InChI=1S/C16H24FN3O2/c1-12(11-22-2)18-16(21)19-14-10-13(17)6-7-15(14)20-8-4-3-5-9-20/h6-7,10,12H,3-5,8-9,11H2,1-2H3,(H2,18,19,21)/t12-/m0/s1. The van der Waals surface area contributed by atoms with Crippen molar-refractivity contribution in [2.45, 2.75) is 32.2 Å². The van der Waals surface area contributed by atoms with E-state index in [2.05, 4.69) is 15.5 Å². The molecular weight excluding hydrogens is 285 g/mol. The second kappa shape index (κ2) is 7.98. The third kappa shape index (κ3) is 4.59. The van der Waals surface area contributed by atoms with Crippen molar-refractivity contribution in [1.29, 1.82) is 0 Å². The largest absolute Gasteiger partial charge is 0.383 e. The topological polar surface area (TPSA) is 53.6 Å². The third-order valence-corrected chi connectivity index (χ3v) is 3.70. The predicted octanol–water partition coefficient (Wildman–Crippen LogP) is 2.97. The molecule has 122 valence electrons. The van der Waals surface area contributed by atoms with Crippen LogP contribution in [0, 0.1) is 5.82 Å². The summed E-state index contributed by atoms with van der Waals surface area (Å²) in [4.78, 5) is 14.2. The van der Waals surface area contributed by atoms with Crippen molar-refractivity contribution in [3.05, 3.63) is 24.0 Å². The van der Waals surface area contributed by atoms with Crippen LogP contribution in [0.1, 0.15) is 26.2 Å². The molecule has 1 fully saturated rings. The van der Waals surface area contributed by atoms with Gasteiger partial charge >= 0.3 is 6.03 Å². The number of benzene rings is 1. The Bertz CT molecular complexity index is 504. The Morgan fingerprint density at radius 2 is 2.09 bits per heavy atom. The molecule has 1 atom stereocenters. The minimum absolute atomic E-state index is 0.114. The number of halogens is 1. The van der Waals surface area contributed by atoms with Crippen LogP contribution in [0.3, 0.4) is 0 Å². The number of piperidine rings is 1. The average molecular weight is 309 g/mol. The first-order valence-corrected chi connectivity index (χ1v) is 7.71. The molecule has 1 saturated heterocycles. The van der Waals surface area contributed by atoms with Gasteiger partial charge in [0.1, 0.15) is 5.82 Å². The first-order valence-electron chi connectivity index (χ1n) is 7.71. The van der Waals surface area contributed by atoms with Crippen LogP contribution in [-0.2, 0) is 4.74 Å². The fraction of sp³-hybridized carbons (Fsp3) is 0.562. The second-order valence-electron chi connectivity index (χ2n) is 5.66. The minimum Gasteiger partial charge on any atom is -0.383 e. The maximum atomic E-state index is 13.5. The number of ether oxygens (including phenoxy) is 1. The number of hydrogen-bond acceptors (Lipinski definition) is 3. The highest BCUT2D eigenvalue weighted by molar-refractivity contribution is 5.93. The summed E-state index contributed by atoms with van der Waals surface area (Å²) in [6.45, 7) is 4.14. The maximum Gasteiger partial charge on any atom is 0.319 e. The quantitative estimate of drug-likeness (QED) is 0.879. The smallest absolute Gasteiger partial charge is 0.319 e. The molecule has 2 amide bonds. The van der Waals surface area contributed by atoms with E-state index in [1.165, 1.54) is 18.6 Å². The Morgan fingerprint density at radius 1 is 1.36 bits per heavy atom. The van der Waals surface area contributed by atoms with Gasteiger partial charge in [-0.05, 0) is 44.4 Å². The fourth-order valence-corrected chi connectivity index (χ4v) is 2.69. The van der Waals surface area contributed by atoms with E-state index in [0.29, 0.717) is 12.3 Å². The Kier molecular flexibility index (Phi) is 6.00. The Balaban J connectivity index is 2.08. The molecule has 2 N–H and O–H groups in total. The summed E-state index contributed by atoms with van der Waals surface area (Å²) in [6, 6.07) is 4.06. The lowest BCUT2D eigenvalue weighted by molar-refractivity contribution is 0.173. The molecular formula is C16H24FN3O2. The lowest BCUT2D eigenvalue weighted by Crippen LogP contribution is -2.39. The average Bonchev–Trinajstić information content (AvgIpc) is 2.48. The number of carbonyl (C=O) groups excluding carboxylic acids is 1. The van der Waals surface area contributed by atoms with E-state index in [0.717, 1.165) is 31.6 Å². The van der Waals surface area contributed by atoms with E-state index in [-0.39, 0.29) is 17.9 Å². The Morgan fingerprint density at radius 3 is 2.77 bits per heavy atom. The molecule has 2 rings (SSSR count). The van der Waals surface area contributed by atoms with Gasteiger partial charge in [-0.3, -0.25) is 0 Å². The van der Waals surface area contributed by atoms with Crippen molar-refractivity contribution in [2.24, 2.45) is 0 Å². The molecule has 0 spiro atoms. The molecule has 0 aromatic heterocycles. The molecule has 0 aliphatic carbocycles. The number of hydrogen-bond donors (Lipinski definition) is 2. The zero-order chi connectivity index (χ0) is 15.9. The first kappa shape index (κ1) is 16.5. The van der Waals surface area contributed by atoms with E-state index in [1.54, 1.807) is 13.2 Å². The summed E-state index contributed by atoms with van der Waals surface area (Å²) in [6.07, 6.45) is 3.46. The van der Waals surface area contributed by atoms with E-state index in [1.807, 2.05) is 6.92 Å². The van der Waals surface area contributed by atoms with Gasteiger partial charge in [0.05, 0.1) is 24.0 Å². The number of urea groups is 1. The lowest BCUT2D eigenvalue weighted by atomic mass is 10.1. The van der Waals surface area contributed by atoms with Gasteiger partial charge in [0.2, 0.25) is 0 Å². The highest BCUT2D eigenvalue weighted by Gasteiger charge is 2.17. The van der Waals surface area contributed by atoms with Crippen LogP contribution in [-0.4, -0.2) is 38.9 Å². The molecule has 0 radical (unpaired) electrons. The van der Waals surface area contributed by atoms with Crippen molar-refractivity contribution in [1.82, 2.24) is 5.32 Å². The molecule has 22 heavy (non-hydrogen) atoms. The summed E-state index contributed by atoms with van der Waals surface area (Å²) in [5.74, 6) is -0.360. The van der Waals surface area contributed by atoms with E-state index >= 15 is 0 Å². The Hall–Kier alpha value is -1.82. The highest BCUT2D eigenvalue weighted by atomic mass is 19.1. The molecule has 1 aromatic carbocycles. The first-order chi connectivity index (χ1) is 10.6. The fourth-order valence-electron chi connectivity index (χ4n) is 2.69. The predicted molar refractivity (Wildman–Crippen MR) is 86.0 cm³/mol. The third-order valence-electron chi connectivity index (χ3n) is 3.70. The molecule has 0 saturated carbocycles. The van der Waals surface area contributed by atoms with Gasteiger partial charge in [0.25, 0.3) is 0 Å². The number of methoxy groups -OCH3 is 1. The van der Waals surface area contributed by atoms with E-state index < -0.39 is 0 Å². The monoisotopic (exact) mass is 309 g/mol. The summed E-state index contributed by atoms with van der Waals surface area (Å²) >= 11 is 0. The number of nitrogens with one attached hydrogen (secondary N) is 2. The maximum absolute atomic E-state index is 13.5. The number of carbonyl (C=O) groups is 1. The summed E-state index contributed by atoms with van der Waals surface area (Å²) < 4.78 is 18.5. The molecule has 1 aromatic rings. The minimum atomic E-state index is -0.360. The molecule has 6 heteroatoms. The number of rotatable bonds is 5. The van der Waals surface area contributed by atoms with Crippen molar-refractivity contribution in [3.63, 3.8) is 0 Å². The van der Waals surface area contributed by atoms with Gasteiger partial charge in [0.15, 0.2) is 0 Å². The summed E-state index contributed by atoms with van der Waals surface area (Å²) in [5, 5.41) is 5.51. The van der Waals surface area contributed by atoms with Crippen LogP contribution in [0.25, 0.3) is 0 Å². The SMILES string of the molecule is COC[C@H](C)NC(=O)Nc1cc(F)ccc1N1CCCCC1. The van der Waals surface area contributed by atoms with Gasteiger partial charge in [0, 0.05) is 20.2 Å². The van der Waals surface area contributed by atoms with Crippen molar-refractivity contribution < 1.29 is 13.9 Å². The lowest BCUT2D eigenvalue weighted by Gasteiger charge is -2.30. The summed E-state index contributed by atoms with van der Waals surface area (Å²) in [5.41, 5.74) is 1.37. The van der Waals surface area contributed by atoms with Gasteiger partial charge in [-0.15, -0.1) is 0 Å². The van der Waals surface area contributed by atoms with Crippen molar-refractivity contribution in [3.8, 4) is 0 Å². The van der Waals surface area contributed by atoms with E-state index in [9.17, 15) is 9.18 Å². The molecule has 1 aliphatic heterocycles. The molecule has 0 bridgehead atoms. The van der Waals surface area contributed by atoms with Crippen LogP contribution >= 0.6 is 0 Å². The zero-order valence-corrected chi connectivity index (χ0v) is 13.2. The normalized spacial score (nSPS) is 16.2. The van der Waals surface area contributed by atoms with Gasteiger partial charge < -0.3 is 20.3 Å². The zero-order valence-electron chi connectivity index (χ0n) is 13.2. The van der Waals surface area contributed by atoms with Gasteiger partial charge in [-0.25, -0.2) is 9.18 Å². The van der Waals surface area contributed by atoms with Crippen LogP contribution in [0.15, 0.2) is 18.2 Å². The molecule has 5 nitrogen and oxygen atoms in total. The van der Waals surface area contributed by atoms with Gasteiger partial charge in [-0.2, -0.15) is 0 Å². The van der Waals surface area contributed by atoms with Crippen LogP contribution in [0.4, 0.5) is 20.6 Å². The van der Waals surface area contributed by atoms with Crippen LogP contribution < -0.4 is 15.5 Å². The van der Waals surface area contributed by atoms with Crippen molar-refractivity contribution >= 4 is 17.4 Å².